The van der Waals surface area contributed by atoms with E-state index in [1.54, 1.807) is 44.4 Å². The lowest BCUT2D eigenvalue weighted by atomic mass is 9.93. The first kappa shape index (κ1) is 23.1. The van der Waals surface area contributed by atoms with E-state index in [-0.39, 0.29) is 29.4 Å². The minimum atomic E-state index is -0.828. The van der Waals surface area contributed by atoms with Crippen LogP contribution in [0.3, 0.4) is 0 Å². The number of aryl methyl sites for hydroxylation is 1. The molecule has 1 heterocycles. The summed E-state index contributed by atoms with van der Waals surface area (Å²) in [4.78, 5) is 29.4. The maximum Gasteiger partial charge on any atom is 0.295 e. The number of likely N-dealkylation sites (N-methyl/N-ethyl adjacent to an activating group) is 1. The number of aliphatic hydroxyl groups excluding tert-OH is 1. The number of phenolic OH excluding ortho intramolecular Hbond substituents is 1. The molecule has 0 spiro atoms. The summed E-state index contributed by atoms with van der Waals surface area (Å²) in [6, 6.07) is 8.89. The van der Waals surface area contributed by atoms with Gasteiger partial charge in [0.15, 0.2) is 11.5 Å². The molecule has 32 heavy (non-hydrogen) atoms. The SMILES string of the molecule is COc1ccc(/C(O)=C2\C(=O)C(=O)N(CCN(C)C)[C@@H]2c2ccc(O)c(OC)c2)c(C)c1. The van der Waals surface area contributed by atoms with E-state index in [9.17, 15) is 19.8 Å². The second-order valence-corrected chi connectivity index (χ2v) is 7.91. The number of hydrogen-bond acceptors (Lipinski definition) is 7. The van der Waals surface area contributed by atoms with E-state index in [1.165, 1.54) is 18.1 Å². The number of hydrogen-bond donors (Lipinski definition) is 2. The predicted octanol–water partition coefficient (Wildman–Crippen LogP) is 2.70. The van der Waals surface area contributed by atoms with Gasteiger partial charge in [0.1, 0.15) is 11.5 Å². The quantitative estimate of drug-likeness (QED) is 0.388. The molecule has 0 aliphatic carbocycles. The van der Waals surface area contributed by atoms with Crippen molar-refractivity contribution in [3.63, 3.8) is 0 Å². The van der Waals surface area contributed by atoms with Crippen LogP contribution in [0.15, 0.2) is 42.0 Å². The molecule has 1 aliphatic rings. The highest BCUT2D eigenvalue weighted by Crippen LogP contribution is 2.42. The molecule has 8 nitrogen and oxygen atoms in total. The number of carbonyl (C=O) groups excluding carboxylic acids is 2. The standard InChI is InChI=1S/C24H28N2O6/c1-14-12-16(31-4)7-8-17(14)22(28)20-21(15-6-9-18(27)19(13-15)32-5)26(11-10-25(2)3)24(30)23(20)29/h6-9,12-13,21,27-28H,10-11H2,1-5H3/b22-20+/t21-/m1/s1. The third kappa shape index (κ3) is 4.27. The third-order valence-electron chi connectivity index (χ3n) is 5.54. The summed E-state index contributed by atoms with van der Waals surface area (Å²) in [6.45, 7) is 2.60. The molecule has 0 bridgehead atoms. The van der Waals surface area contributed by atoms with Gasteiger partial charge in [-0.2, -0.15) is 0 Å². The molecule has 1 fully saturated rings. The van der Waals surface area contributed by atoms with Crippen molar-refractivity contribution in [3.05, 3.63) is 58.7 Å². The van der Waals surface area contributed by atoms with Crippen LogP contribution in [0.2, 0.25) is 0 Å². The zero-order chi connectivity index (χ0) is 23.6. The summed E-state index contributed by atoms with van der Waals surface area (Å²) in [5, 5.41) is 21.2. The van der Waals surface area contributed by atoms with Crippen LogP contribution in [0.4, 0.5) is 0 Å². The summed E-state index contributed by atoms with van der Waals surface area (Å²) >= 11 is 0. The number of amides is 1. The lowest BCUT2D eigenvalue weighted by Crippen LogP contribution is -2.35. The van der Waals surface area contributed by atoms with E-state index in [0.717, 1.165) is 0 Å². The van der Waals surface area contributed by atoms with Crippen LogP contribution in [0, 0.1) is 6.92 Å². The topological polar surface area (TPSA) is 99.5 Å². The highest BCUT2D eigenvalue weighted by atomic mass is 16.5. The molecule has 2 aromatic rings. The van der Waals surface area contributed by atoms with Gasteiger partial charge in [0.25, 0.3) is 11.7 Å². The Hall–Kier alpha value is -3.52. The normalized spacial score (nSPS) is 17.8. The lowest BCUT2D eigenvalue weighted by molar-refractivity contribution is -0.140. The molecule has 0 unspecified atom stereocenters. The monoisotopic (exact) mass is 440 g/mol. The van der Waals surface area contributed by atoms with Crippen molar-refractivity contribution in [3.8, 4) is 17.2 Å². The lowest BCUT2D eigenvalue weighted by Gasteiger charge is -2.27. The molecular weight excluding hydrogens is 412 g/mol. The van der Waals surface area contributed by atoms with Crippen molar-refractivity contribution in [2.45, 2.75) is 13.0 Å². The molecule has 2 N–H and O–H groups in total. The number of phenols is 1. The molecule has 0 radical (unpaired) electrons. The highest BCUT2D eigenvalue weighted by molar-refractivity contribution is 6.46. The number of benzene rings is 2. The summed E-state index contributed by atoms with van der Waals surface area (Å²) in [5.74, 6) is -0.933. The van der Waals surface area contributed by atoms with E-state index in [1.807, 2.05) is 19.0 Å². The Kier molecular flexibility index (Phi) is 6.74. The molecule has 3 rings (SSSR count). The van der Waals surface area contributed by atoms with Crippen LogP contribution < -0.4 is 9.47 Å². The van der Waals surface area contributed by atoms with Crippen molar-refractivity contribution in [2.75, 3.05) is 41.4 Å². The molecule has 1 atom stereocenters. The van der Waals surface area contributed by atoms with Crippen molar-refractivity contribution < 1.29 is 29.3 Å². The van der Waals surface area contributed by atoms with Gasteiger partial charge < -0.3 is 29.5 Å². The van der Waals surface area contributed by atoms with Gasteiger partial charge in [-0.15, -0.1) is 0 Å². The Labute approximate surface area is 187 Å². The number of likely N-dealkylation sites (tertiary alicyclic amines) is 1. The Balaban J connectivity index is 2.20. The van der Waals surface area contributed by atoms with E-state index in [0.29, 0.717) is 29.0 Å². The van der Waals surface area contributed by atoms with Crippen molar-refractivity contribution in [1.82, 2.24) is 9.80 Å². The fourth-order valence-electron chi connectivity index (χ4n) is 3.80. The number of carbonyl (C=O) groups is 2. The molecule has 170 valence electrons. The molecule has 0 saturated carbocycles. The van der Waals surface area contributed by atoms with Gasteiger partial charge in [-0.05, 0) is 62.5 Å². The minimum Gasteiger partial charge on any atom is -0.507 e. The number of ether oxygens (including phenoxy) is 2. The Morgan fingerprint density at radius 2 is 1.81 bits per heavy atom. The maximum absolute atomic E-state index is 13.1. The summed E-state index contributed by atoms with van der Waals surface area (Å²) in [5.41, 5.74) is 1.68. The van der Waals surface area contributed by atoms with Crippen molar-refractivity contribution >= 4 is 17.4 Å². The van der Waals surface area contributed by atoms with Gasteiger partial charge >= 0.3 is 0 Å². The fraction of sp³-hybridized carbons (Fsp3) is 0.333. The van der Waals surface area contributed by atoms with E-state index >= 15 is 0 Å². The summed E-state index contributed by atoms with van der Waals surface area (Å²) in [7, 11) is 6.71. The molecular formula is C24H28N2O6. The van der Waals surface area contributed by atoms with Gasteiger partial charge in [0, 0.05) is 18.7 Å². The average molecular weight is 440 g/mol. The van der Waals surface area contributed by atoms with Crippen LogP contribution >= 0.6 is 0 Å². The van der Waals surface area contributed by atoms with Gasteiger partial charge in [-0.1, -0.05) is 6.07 Å². The van der Waals surface area contributed by atoms with Crippen LogP contribution in [0.25, 0.3) is 5.76 Å². The van der Waals surface area contributed by atoms with Gasteiger partial charge in [-0.25, -0.2) is 0 Å². The van der Waals surface area contributed by atoms with Crippen molar-refractivity contribution in [2.24, 2.45) is 0 Å². The highest BCUT2D eigenvalue weighted by Gasteiger charge is 2.46. The predicted molar refractivity (Wildman–Crippen MR) is 120 cm³/mol. The van der Waals surface area contributed by atoms with Crippen LogP contribution in [-0.4, -0.2) is 73.1 Å². The molecule has 8 heteroatoms. The number of aliphatic hydroxyl groups is 1. The first-order valence-electron chi connectivity index (χ1n) is 10.1. The van der Waals surface area contributed by atoms with Crippen LogP contribution in [-0.2, 0) is 9.59 Å². The first-order chi connectivity index (χ1) is 15.2. The molecule has 1 amide bonds. The van der Waals surface area contributed by atoms with E-state index in [2.05, 4.69) is 0 Å². The second kappa shape index (κ2) is 9.32. The zero-order valence-corrected chi connectivity index (χ0v) is 18.9. The summed E-state index contributed by atoms with van der Waals surface area (Å²) < 4.78 is 10.4. The smallest absolute Gasteiger partial charge is 0.295 e. The number of Topliss-reactive ketones (excluding diaryl/α,β-unsaturated/α-hetero) is 1. The molecule has 0 aromatic heterocycles. The minimum absolute atomic E-state index is 0.00485. The van der Waals surface area contributed by atoms with Crippen LogP contribution in [0.5, 0.6) is 17.2 Å². The Morgan fingerprint density at radius 3 is 2.41 bits per heavy atom. The Bertz CT molecular complexity index is 1080. The van der Waals surface area contributed by atoms with E-state index in [4.69, 9.17) is 9.47 Å². The first-order valence-corrected chi connectivity index (χ1v) is 10.1. The van der Waals surface area contributed by atoms with E-state index < -0.39 is 17.7 Å². The number of aromatic hydroxyl groups is 1. The number of methoxy groups -OCH3 is 2. The average Bonchev–Trinajstić information content (AvgIpc) is 3.02. The fourth-order valence-corrected chi connectivity index (χ4v) is 3.80. The van der Waals surface area contributed by atoms with Gasteiger partial charge in [-0.3, -0.25) is 9.59 Å². The second-order valence-electron chi connectivity index (χ2n) is 7.91. The largest absolute Gasteiger partial charge is 0.507 e. The third-order valence-corrected chi connectivity index (χ3v) is 5.54. The molecule has 2 aromatic carbocycles. The number of rotatable bonds is 7. The van der Waals surface area contributed by atoms with Crippen molar-refractivity contribution in [1.29, 1.82) is 0 Å². The maximum atomic E-state index is 13.1. The number of nitrogens with zero attached hydrogens (tertiary/aromatic N) is 2. The molecule has 1 aliphatic heterocycles. The van der Waals surface area contributed by atoms with Gasteiger partial charge in [0.2, 0.25) is 0 Å². The zero-order valence-electron chi connectivity index (χ0n) is 18.9. The molecule has 1 saturated heterocycles. The van der Waals surface area contributed by atoms with Gasteiger partial charge in [0.05, 0.1) is 25.8 Å². The van der Waals surface area contributed by atoms with Crippen LogP contribution in [0.1, 0.15) is 22.7 Å². The Morgan fingerprint density at radius 1 is 1.09 bits per heavy atom. The summed E-state index contributed by atoms with van der Waals surface area (Å²) in [6.07, 6.45) is 0. The number of ketones is 1.